The first kappa shape index (κ1) is 21.7. The maximum Gasteiger partial charge on any atom is 0.336 e. The van der Waals surface area contributed by atoms with Gasteiger partial charge in [0.05, 0.1) is 13.2 Å². The highest BCUT2D eigenvalue weighted by Crippen LogP contribution is 2.27. The predicted molar refractivity (Wildman–Crippen MR) is 101 cm³/mol. The predicted octanol–water partition coefficient (Wildman–Crippen LogP) is -0.116. The Morgan fingerprint density at radius 1 is 1.14 bits per heavy atom. The van der Waals surface area contributed by atoms with Gasteiger partial charge in [-0.25, -0.2) is 4.79 Å². The van der Waals surface area contributed by atoms with Crippen LogP contribution < -0.4 is 5.63 Å². The van der Waals surface area contributed by atoms with E-state index >= 15 is 0 Å². The second kappa shape index (κ2) is 9.21. The second-order valence-corrected chi connectivity index (χ2v) is 7.45. The third kappa shape index (κ3) is 4.95. The molecule has 0 amide bonds. The Hall–Kier alpha value is -2.01. The van der Waals surface area contributed by atoms with E-state index in [1.165, 1.54) is 12.1 Å². The van der Waals surface area contributed by atoms with Gasteiger partial charge in [0.2, 0.25) is 0 Å². The Bertz CT molecular complexity index is 878. The van der Waals surface area contributed by atoms with Crippen molar-refractivity contribution in [3.8, 4) is 5.75 Å². The summed E-state index contributed by atoms with van der Waals surface area (Å²) < 4.78 is 15.9. The molecular formula is C20H26O9. The summed E-state index contributed by atoms with van der Waals surface area (Å²) in [6.07, 6.45) is -5.32. The van der Waals surface area contributed by atoms with E-state index in [1.807, 2.05) is 6.92 Å². The fraction of sp³-hybridized carbons (Fsp3) is 0.550. The molecule has 1 unspecified atom stereocenters. The summed E-state index contributed by atoms with van der Waals surface area (Å²) in [5, 5.41) is 49.7. The first-order chi connectivity index (χ1) is 13.8. The van der Waals surface area contributed by atoms with Crippen LogP contribution in [0.5, 0.6) is 5.75 Å². The summed E-state index contributed by atoms with van der Waals surface area (Å²) in [6, 6.07) is 6.13. The van der Waals surface area contributed by atoms with E-state index in [0.29, 0.717) is 29.4 Å². The van der Waals surface area contributed by atoms with E-state index in [9.17, 15) is 30.3 Å². The molecule has 29 heavy (non-hydrogen) atoms. The number of rotatable bonds is 7. The average molecular weight is 410 g/mol. The normalized spacial score (nSPS) is 28.5. The van der Waals surface area contributed by atoms with Crippen molar-refractivity contribution in [1.82, 2.24) is 0 Å². The number of hydrogen-bond donors (Lipinski definition) is 5. The maximum absolute atomic E-state index is 11.3. The molecule has 9 nitrogen and oxygen atoms in total. The van der Waals surface area contributed by atoms with Gasteiger partial charge in [0.25, 0.3) is 0 Å². The number of fused-ring (bicyclic) bond motifs is 1. The number of aromatic hydroxyl groups is 1. The van der Waals surface area contributed by atoms with Crippen molar-refractivity contribution in [2.45, 2.75) is 50.5 Å². The van der Waals surface area contributed by atoms with Gasteiger partial charge < -0.3 is 39.4 Å². The number of benzene rings is 1. The molecule has 9 heteroatoms. The molecule has 6 atom stereocenters. The largest absolute Gasteiger partial charge is 0.508 e. The van der Waals surface area contributed by atoms with Crippen LogP contribution in [0, 0.1) is 5.92 Å². The molecule has 2 heterocycles. The molecule has 0 saturated carbocycles. The Morgan fingerprint density at radius 3 is 2.62 bits per heavy atom. The minimum atomic E-state index is -1.48. The number of ether oxygens (including phenoxy) is 2. The van der Waals surface area contributed by atoms with Gasteiger partial charge >= 0.3 is 5.63 Å². The van der Waals surface area contributed by atoms with E-state index in [1.54, 1.807) is 12.1 Å². The highest BCUT2D eigenvalue weighted by atomic mass is 16.7. The Morgan fingerprint density at radius 2 is 1.90 bits per heavy atom. The molecule has 1 aliphatic heterocycles. The van der Waals surface area contributed by atoms with Gasteiger partial charge in [0.1, 0.15) is 35.7 Å². The van der Waals surface area contributed by atoms with Gasteiger partial charge in [-0.3, -0.25) is 0 Å². The highest BCUT2D eigenvalue weighted by molar-refractivity contribution is 5.79. The van der Waals surface area contributed by atoms with E-state index in [0.717, 1.165) is 0 Å². The molecule has 0 radical (unpaired) electrons. The summed E-state index contributed by atoms with van der Waals surface area (Å²) in [4.78, 5) is 11.3. The van der Waals surface area contributed by atoms with E-state index in [-0.39, 0.29) is 18.3 Å². The van der Waals surface area contributed by atoms with Crippen molar-refractivity contribution in [2.24, 2.45) is 5.92 Å². The SMILES string of the molecule is CC(CCc1cc2ccc(=O)oc2cc1O)CO[C@@H]1O[C@H](CO)[C@@H](O)[C@H](O)[C@H]1O. The first-order valence-electron chi connectivity index (χ1n) is 9.48. The van der Waals surface area contributed by atoms with Gasteiger partial charge in [-0.2, -0.15) is 0 Å². The van der Waals surface area contributed by atoms with Crippen molar-refractivity contribution in [2.75, 3.05) is 13.2 Å². The van der Waals surface area contributed by atoms with Gasteiger partial charge in [-0.15, -0.1) is 0 Å². The number of aliphatic hydroxyl groups excluding tert-OH is 4. The van der Waals surface area contributed by atoms with Crippen molar-refractivity contribution in [3.05, 3.63) is 40.2 Å². The van der Waals surface area contributed by atoms with Crippen molar-refractivity contribution in [1.29, 1.82) is 0 Å². The van der Waals surface area contributed by atoms with Crippen LogP contribution in [0.15, 0.2) is 33.5 Å². The van der Waals surface area contributed by atoms with Crippen LogP contribution in [0.3, 0.4) is 0 Å². The molecule has 1 aromatic carbocycles. The number of aliphatic hydroxyl groups is 4. The van der Waals surface area contributed by atoms with Crippen LogP contribution >= 0.6 is 0 Å². The molecule has 1 saturated heterocycles. The standard InChI is InChI=1S/C20H26O9/c1-10(9-27-20-19(26)18(25)17(24)15(8-21)29-20)2-3-11-6-12-4-5-16(23)28-14(12)7-13(11)22/h4-7,10,15,17-22,24-26H,2-3,8-9H2,1H3/t10?,15-,17-,18+,19-,20-/m1/s1. The molecule has 0 aliphatic carbocycles. The van der Waals surface area contributed by atoms with Crippen molar-refractivity contribution >= 4 is 11.0 Å². The van der Waals surface area contributed by atoms with E-state index in [4.69, 9.17) is 13.9 Å². The fourth-order valence-electron chi connectivity index (χ4n) is 3.30. The Kier molecular flexibility index (Phi) is 6.89. The number of aryl methyl sites for hydroxylation is 1. The summed E-state index contributed by atoms with van der Waals surface area (Å²) in [5.41, 5.74) is 0.535. The molecule has 0 bridgehead atoms. The van der Waals surface area contributed by atoms with Gasteiger partial charge in [0.15, 0.2) is 6.29 Å². The first-order valence-corrected chi connectivity index (χ1v) is 9.48. The minimum Gasteiger partial charge on any atom is -0.508 e. The molecule has 2 aromatic rings. The Labute approximate surface area is 166 Å². The average Bonchev–Trinajstić information content (AvgIpc) is 2.70. The van der Waals surface area contributed by atoms with Gasteiger partial charge in [0, 0.05) is 17.5 Å². The molecule has 160 valence electrons. The molecule has 1 fully saturated rings. The summed E-state index contributed by atoms with van der Waals surface area (Å²) in [7, 11) is 0. The quantitative estimate of drug-likeness (QED) is 0.394. The van der Waals surface area contributed by atoms with Crippen LogP contribution in [0.25, 0.3) is 11.0 Å². The Balaban J connectivity index is 1.55. The van der Waals surface area contributed by atoms with E-state index < -0.39 is 42.9 Å². The second-order valence-electron chi connectivity index (χ2n) is 7.45. The topological polar surface area (TPSA) is 150 Å². The van der Waals surface area contributed by atoms with E-state index in [2.05, 4.69) is 0 Å². The molecular weight excluding hydrogens is 384 g/mol. The lowest BCUT2D eigenvalue weighted by molar-refractivity contribution is -0.303. The monoisotopic (exact) mass is 410 g/mol. The van der Waals surface area contributed by atoms with Crippen molar-refractivity contribution < 1.29 is 39.4 Å². The van der Waals surface area contributed by atoms with Gasteiger partial charge in [-0.05, 0) is 36.5 Å². The molecule has 0 spiro atoms. The molecule has 1 aromatic heterocycles. The summed E-state index contributed by atoms with van der Waals surface area (Å²) in [5.74, 6) is 0.0556. The fourth-order valence-corrected chi connectivity index (χ4v) is 3.30. The minimum absolute atomic E-state index is 0.0196. The molecule has 1 aliphatic rings. The van der Waals surface area contributed by atoms with Crippen LogP contribution in [0.4, 0.5) is 0 Å². The summed E-state index contributed by atoms with van der Waals surface area (Å²) in [6.45, 7) is 1.61. The third-order valence-corrected chi connectivity index (χ3v) is 5.12. The zero-order valence-corrected chi connectivity index (χ0v) is 16.0. The zero-order valence-electron chi connectivity index (χ0n) is 16.0. The zero-order chi connectivity index (χ0) is 21.1. The molecule has 3 rings (SSSR count). The lowest BCUT2D eigenvalue weighted by atomic mass is 9.98. The van der Waals surface area contributed by atoms with Crippen molar-refractivity contribution in [3.63, 3.8) is 0 Å². The van der Waals surface area contributed by atoms with Crippen LogP contribution in [-0.4, -0.2) is 69.5 Å². The van der Waals surface area contributed by atoms with Gasteiger partial charge in [-0.1, -0.05) is 6.92 Å². The highest BCUT2D eigenvalue weighted by Gasteiger charge is 2.44. The maximum atomic E-state index is 11.3. The van der Waals surface area contributed by atoms with Crippen LogP contribution in [-0.2, 0) is 15.9 Å². The number of phenols is 1. The van der Waals surface area contributed by atoms with Crippen LogP contribution in [0.2, 0.25) is 0 Å². The number of phenolic OH excluding ortho intramolecular Hbond substituents is 1. The molecule has 5 N–H and O–H groups in total. The number of hydrogen-bond acceptors (Lipinski definition) is 9. The summed E-state index contributed by atoms with van der Waals surface area (Å²) >= 11 is 0. The third-order valence-electron chi connectivity index (χ3n) is 5.12. The smallest absolute Gasteiger partial charge is 0.336 e. The lowest BCUT2D eigenvalue weighted by Crippen LogP contribution is -2.59. The lowest BCUT2D eigenvalue weighted by Gasteiger charge is -2.39. The van der Waals surface area contributed by atoms with Crippen LogP contribution in [0.1, 0.15) is 18.9 Å².